The number of ether oxygens (including phenoxy) is 1. The third-order valence-corrected chi connectivity index (χ3v) is 5.03. The van der Waals surface area contributed by atoms with Gasteiger partial charge in [0.2, 0.25) is 0 Å². The van der Waals surface area contributed by atoms with Crippen molar-refractivity contribution in [2.75, 3.05) is 6.61 Å². The number of ketones is 1. The van der Waals surface area contributed by atoms with Crippen LogP contribution in [-0.4, -0.2) is 17.5 Å². The second kappa shape index (κ2) is 7.20. The summed E-state index contributed by atoms with van der Waals surface area (Å²) in [6, 6.07) is 3.88. The topological polar surface area (TPSA) is 46.5 Å². The maximum Gasteiger partial charge on any atom is 0.133 e. The van der Waals surface area contributed by atoms with E-state index >= 15 is 0 Å². The Labute approximate surface area is 138 Å². The Morgan fingerprint density at radius 3 is 3.04 bits per heavy atom. The van der Waals surface area contributed by atoms with E-state index in [0.29, 0.717) is 36.9 Å². The number of phenols is 1. The molecule has 3 rings (SSSR count). The molecule has 3 nitrogen and oxygen atoms in total. The minimum atomic E-state index is 0.124. The smallest absolute Gasteiger partial charge is 0.133 e. The van der Waals surface area contributed by atoms with Gasteiger partial charge in [0.05, 0.1) is 6.61 Å². The van der Waals surface area contributed by atoms with Gasteiger partial charge in [0, 0.05) is 30.2 Å². The summed E-state index contributed by atoms with van der Waals surface area (Å²) in [4.78, 5) is 12.0. The maximum absolute atomic E-state index is 12.0. The summed E-state index contributed by atoms with van der Waals surface area (Å²) >= 11 is 0. The van der Waals surface area contributed by atoms with Crippen molar-refractivity contribution in [2.45, 2.75) is 57.8 Å². The number of allylic oxidation sites excluding steroid dienone is 2. The Bertz CT molecular complexity index is 603. The molecule has 1 aromatic carbocycles. The summed E-state index contributed by atoms with van der Waals surface area (Å²) in [6.07, 6.45) is 10.5. The van der Waals surface area contributed by atoms with Gasteiger partial charge in [-0.25, -0.2) is 0 Å². The zero-order valence-corrected chi connectivity index (χ0v) is 13.9. The van der Waals surface area contributed by atoms with Crippen molar-refractivity contribution >= 4 is 5.78 Å². The van der Waals surface area contributed by atoms with E-state index in [1.54, 1.807) is 0 Å². The summed E-state index contributed by atoms with van der Waals surface area (Å²) < 4.78 is 5.94. The maximum atomic E-state index is 12.0. The zero-order valence-electron chi connectivity index (χ0n) is 13.9. The molecule has 1 fully saturated rings. The molecular weight excluding hydrogens is 288 g/mol. The summed E-state index contributed by atoms with van der Waals surface area (Å²) in [5.41, 5.74) is 1.92. The molecule has 1 N–H and O–H groups in total. The van der Waals surface area contributed by atoms with E-state index in [0.717, 1.165) is 49.0 Å². The monoisotopic (exact) mass is 314 g/mol. The highest BCUT2D eigenvalue weighted by Gasteiger charge is 2.36. The number of unbranched alkanes of at least 4 members (excludes halogenated alkanes) is 1. The second-order valence-electron chi connectivity index (χ2n) is 6.80. The molecule has 0 aromatic heterocycles. The molecule has 1 heterocycles. The molecule has 0 spiro atoms. The summed E-state index contributed by atoms with van der Waals surface area (Å²) in [7, 11) is 0. The first-order chi connectivity index (χ1) is 11.2. The molecule has 0 amide bonds. The van der Waals surface area contributed by atoms with Gasteiger partial charge in [-0.1, -0.05) is 25.5 Å². The number of carbonyl (C=O) groups excluding carboxylic acids is 1. The van der Waals surface area contributed by atoms with Crippen LogP contribution >= 0.6 is 0 Å². The highest BCUT2D eigenvalue weighted by atomic mass is 16.5. The minimum Gasteiger partial charge on any atom is -0.508 e. The molecular formula is C20H26O3. The van der Waals surface area contributed by atoms with Gasteiger partial charge in [0.15, 0.2) is 0 Å². The Kier molecular flexibility index (Phi) is 5.04. The lowest BCUT2D eigenvalue weighted by molar-refractivity contribution is -0.119. The van der Waals surface area contributed by atoms with E-state index in [1.807, 2.05) is 12.1 Å². The van der Waals surface area contributed by atoms with E-state index < -0.39 is 0 Å². The standard InChI is InChI=1S/C20H26O3/c1-2-3-4-5-7-14-10-18(22)20-17-12-16(21)9-6-8-15(17)13-23-19(20)11-14/h4-5,10-11,15,17,22H,2-3,6-9,12-13H2,1H3/b5-4+. The lowest BCUT2D eigenvalue weighted by Crippen LogP contribution is -2.26. The number of Topliss-reactive ketones (excluding diaryl/α,β-unsaturated/α-hetero) is 1. The van der Waals surface area contributed by atoms with Crippen molar-refractivity contribution in [2.24, 2.45) is 5.92 Å². The largest absolute Gasteiger partial charge is 0.508 e. The van der Waals surface area contributed by atoms with Crippen LogP contribution in [0.4, 0.5) is 0 Å². The number of carbonyl (C=O) groups is 1. The number of phenolic OH excluding ortho intramolecular Hbond substituents is 1. The fourth-order valence-electron chi connectivity index (χ4n) is 3.79. The molecule has 1 aliphatic carbocycles. The van der Waals surface area contributed by atoms with Gasteiger partial charge < -0.3 is 9.84 Å². The lowest BCUT2D eigenvalue weighted by atomic mass is 9.79. The quantitative estimate of drug-likeness (QED) is 0.831. The summed E-state index contributed by atoms with van der Waals surface area (Å²) in [5.74, 6) is 1.87. The van der Waals surface area contributed by atoms with Gasteiger partial charge in [-0.15, -0.1) is 0 Å². The van der Waals surface area contributed by atoms with Crippen molar-refractivity contribution in [3.8, 4) is 11.5 Å². The molecule has 2 aliphatic rings. The second-order valence-corrected chi connectivity index (χ2v) is 6.80. The average molecular weight is 314 g/mol. The Morgan fingerprint density at radius 2 is 2.22 bits per heavy atom. The molecule has 3 heteroatoms. The van der Waals surface area contributed by atoms with Gasteiger partial charge in [-0.05, 0) is 43.4 Å². The normalized spacial score (nSPS) is 24.0. The third-order valence-electron chi connectivity index (χ3n) is 5.03. The van der Waals surface area contributed by atoms with Crippen molar-refractivity contribution in [3.63, 3.8) is 0 Å². The van der Waals surface area contributed by atoms with Crippen LogP contribution in [0.3, 0.4) is 0 Å². The van der Waals surface area contributed by atoms with E-state index in [9.17, 15) is 9.90 Å². The van der Waals surface area contributed by atoms with Crippen LogP contribution in [0.2, 0.25) is 0 Å². The van der Waals surface area contributed by atoms with Crippen molar-refractivity contribution in [3.05, 3.63) is 35.4 Å². The van der Waals surface area contributed by atoms with Crippen LogP contribution < -0.4 is 4.74 Å². The Hall–Kier alpha value is -1.77. The van der Waals surface area contributed by atoms with Gasteiger partial charge in [-0.2, -0.15) is 0 Å². The van der Waals surface area contributed by atoms with Crippen LogP contribution in [0.5, 0.6) is 11.5 Å². The zero-order chi connectivity index (χ0) is 16.2. The molecule has 1 aromatic rings. The first-order valence-corrected chi connectivity index (χ1v) is 8.84. The van der Waals surface area contributed by atoms with Crippen LogP contribution in [0.1, 0.15) is 62.5 Å². The predicted molar refractivity (Wildman–Crippen MR) is 91.1 cm³/mol. The average Bonchev–Trinajstić information content (AvgIpc) is 2.72. The van der Waals surface area contributed by atoms with Gasteiger partial charge >= 0.3 is 0 Å². The van der Waals surface area contributed by atoms with Crippen molar-refractivity contribution in [1.29, 1.82) is 0 Å². The third kappa shape index (κ3) is 3.60. The molecule has 2 unspecified atom stereocenters. The Morgan fingerprint density at radius 1 is 1.35 bits per heavy atom. The lowest BCUT2D eigenvalue weighted by Gasteiger charge is -2.33. The number of hydrogen-bond donors (Lipinski definition) is 1. The molecule has 1 aliphatic heterocycles. The molecule has 1 saturated carbocycles. The molecule has 0 saturated heterocycles. The van der Waals surface area contributed by atoms with E-state index in [1.165, 1.54) is 0 Å². The summed E-state index contributed by atoms with van der Waals surface area (Å²) in [5, 5.41) is 10.5. The Balaban J connectivity index is 1.85. The molecule has 2 atom stereocenters. The SMILES string of the molecule is CCC/C=C/Cc1cc(O)c2c(c1)OCC1CCCC(=O)CC21. The van der Waals surface area contributed by atoms with E-state index in [2.05, 4.69) is 19.1 Å². The van der Waals surface area contributed by atoms with Crippen molar-refractivity contribution < 1.29 is 14.6 Å². The fourth-order valence-corrected chi connectivity index (χ4v) is 3.79. The highest BCUT2D eigenvalue weighted by molar-refractivity contribution is 5.80. The minimum absolute atomic E-state index is 0.124. The molecule has 23 heavy (non-hydrogen) atoms. The number of rotatable bonds is 4. The summed E-state index contributed by atoms with van der Waals surface area (Å²) in [6.45, 7) is 2.83. The molecule has 0 radical (unpaired) electrons. The van der Waals surface area contributed by atoms with Crippen LogP contribution in [0.25, 0.3) is 0 Å². The first-order valence-electron chi connectivity index (χ1n) is 8.84. The molecule has 0 bridgehead atoms. The van der Waals surface area contributed by atoms with Crippen LogP contribution in [0.15, 0.2) is 24.3 Å². The highest BCUT2D eigenvalue weighted by Crippen LogP contribution is 2.47. The van der Waals surface area contributed by atoms with Crippen LogP contribution in [0, 0.1) is 5.92 Å². The fraction of sp³-hybridized carbons (Fsp3) is 0.550. The van der Waals surface area contributed by atoms with Crippen LogP contribution in [-0.2, 0) is 11.2 Å². The number of aromatic hydroxyl groups is 1. The van der Waals surface area contributed by atoms with E-state index in [4.69, 9.17) is 4.74 Å². The molecule has 124 valence electrons. The first kappa shape index (κ1) is 16.1. The van der Waals surface area contributed by atoms with Gasteiger partial charge in [-0.3, -0.25) is 4.79 Å². The number of hydrogen-bond acceptors (Lipinski definition) is 3. The number of benzene rings is 1. The predicted octanol–water partition coefficient (Wildman–Crippen LogP) is 4.53. The van der Waals surface area contributed by atoms with Gasteiger partial charge in [0.1, 0.15) is 17.3 Å². The van der Waals surface area contributed by atoms with Gasteiger partial charge in [0.25, 0.3) is 0 Å². The van der Waals surface area contributed by atoms with Crippen molar-refractivity contribution in [1.82, 2.24) is 0 Å². The number of fused-ring (bicyclic) bond motifs is 3. The van der Waals surface area contributed by atoms with E-state index in [-0.39, 0.29) is 5.92 Å².